The number of piperazine rings is 1. The normalized spacial score (nSPS) is 20.1. The summed E-state index contributed by atoms with van der Waals surface area (Å²) in [7, 11) is 1.90. The molecule has 1 aromatic carbocycles. The van der Waals surface area contributed by atoms with E-state index in [4.69, 9.17) is 4.74 Å². The standard InChI is InChI=1S/C23H39N5O/c1-3-26-13-10-21(11-14-26)9-12-25-23(24-2)28-17-15-27(16-18-28)19-20-29-22-7-5-4-6-8-22/h4-8,21H,3,9-20H2,1-2H3,(H,24,25). The fourth-order valence-corrected chi connectivity index (χ4v) is 4.30. The first-order chi connectivity index (χ1) is 14.3. The molecular weight excluding hydrogens is 362 g/mol. The van der Waals surface area contributed by atoms with Crippen molar-refractivity contribution in [2.24, 2.45) is 10.9 Å². The zero-order valence-electron chi connectivity index (χ0n) is 18.4. The van der Waals surface area contributed by atoms with E-state index in [1.165, 1.54) is 38.9 Å². The largest absolute Gasteiger partial charge is 0.492 e. The Morgan fingerprint density at radius 3 is 2.41 bits per heavy atom. The summed E-state index contributed by atoms with van der Waals surface area (Å²) in [5, 5.41) is 3.61. The first-order valence-electron chi connectivity index (χ1n) is 11.4. The van der Waals surface area contributed by atoms with Gasteiger partial charge in [-0.25, -0.2) is 0 Å². The minimum absolute atomic E-state index is 0.744. The molecule has 0 saturated carbocycles. The third-order valence-electron chi connectivity index (χ3n) is 6.29. The van der Waals surface area contributed by atoms with E-state index in [0.717, 1.165) is 63.5 Å². The van der Waals surface area contributed by atoms with Crippen molar-refractivity contribution in [1.82, 2.24) is 20.0 Å². The lowest BCUT2D eigenvalue weighted by atomic mass is 9.93. The fourth-order valence-electron chi connectivity index (χ4n) is 4.30. The average Bonchev–Trinajstić information content (AvgIpc) is 2.78. The molecule has 0 aliphatic carbocycles. The zero-order chi connectivity index (χ0) is 20.3. The first kappa shape index (κ1) is 21.9. The molecule has 29 heavy (non-hydrogen) atoms. The first-order valence-corrected chi connectivity index (χ1v) is 11.4. The number of ether oxygens (including phenoxy) is 1. The van der Waals surface area contributed by atoms with Gasteiger partial charge in [0.15, 0.2) is 5.96 Å². The second-order valence-electron chi connectivity index (χ2n) is 8.13. The highest BCUT2D eigenvalue weighted by Gasteiger charge is 2.21. The van der Waals surface area contributed by atoms with Crippen LogP contribution in [0.4, 0.5) is 0 Å². The molecule has 6 heteroatoms. The third kappa shape index (κ3) is 7.19. The Labute approximate surface area is 176 Å². The Hall–Kier alpha value is -1.79. The molecule has 1 N–H and O–H groups in total. The van der Waals surface area contributed by atoms with Crippen LogP contribution < -0.4 is 10.1 Å². The van der Waals surface area contributed by atoms with E-state index in [2.05, 4.69) is 31.9 Å². The average molecular weight is 402 g/mol. The van der Waals surface area contributed by atoms with E-state index in [0.29, 0.717) is 0 Å². The van der Waals surface area contributed by atoms with Crippen LogP contribution in [0.25, 0.3) is 0 Å². The van der Waals surface area contributed by atoms with E-state index in [1.807, 2.05) is 37.4 Å². The fraction of sp³-hybridized carbons (Fsp3) is 0.696. The van der Waals surface area contributed by atoms with E-state index >= 15 is 0 Å². The molecule has 0 amide bonds. The maximum absolute atomic E-state index is 5.83. The number of aliphatic imine (C=N–C) groups is 1. The van der Waals surface area contributed by atoms with E-state index in [-0.39, 0.29) is 0 Å². The Kier molecular flexibility index (Phi) is 9.09. The maximum Gasteiger partial charge on any atom is 0.193 e. The monoisotopic (exact) mass is 401 g/mol. The highest BCUT2D eigenvalue weighted by molar-refractivity contribution is 5.79. The van der Waals surface area contributed by atoms with Gasteiger partial charge in [-0.3, -0.25) is 9.89 Å². The Bertz CT molecular complexity index is 593. The summed E-state index contributed by atoms with van der Waals surface area (Å²) >= 11 is 0. The van der Waals surface area contributed by atoms with Crippen LogP contribution in [-0.2, 0) is 0 Å². The summed E-state index contributed by atoms with van der Waals surface area (Å²) in [4.78, 5) is 12.0. The van der Waals surface area contributed by atoms with Crippen molar-refractivity contribution in [3.05, 3.63) is 30.3 Å². The van der Waals surface area contributed by atoms with Crippen molar-refractivity contribution in [3.63, 3.8) is 0 Å². The molecule has 2 aliphatic rings. The second kappa shape index (κ2) is 12.0. The number of para-hydroxylation sites is 1. The van der Waals surface area contributed by atoms with E-state index < -0.39 is 0 Å². The van der Waals surface area contributed by atoms with Gasteiger partial charge in [-0.05, 0) is 56.9 Å². The van der Waals surface area contributed by atoms with E-state index in [1.54, 1.807) is 0 Å². The lowest BCUT2D eigenvalue weighted by molar-refractivity contribution is 0.152. The van der Waals surface area contributed by atoms with Crippen LogP contribution in [0, 0.1) is 5.92 Å². The highest BCUT2D eigenvalue weighted by Crippen LogP contribution is 2.19. The van der Waals surface area contributed by atoms with Crippen LogP contribution in [0.15, 0.2) is 35.3 Å². The van der Waals surface area contributed by atoms with Gasteiger partial charge in [-0.1, -0.05) is 25.1 Å². The topological polar surface area (TPSA) is 43.3 Å². The number of rotatable bonds is 8. The number of piperidine rings is 1. The van der Waals surface area contributed by atoms with Gasteiger partial charge in [0.25, 0.3) is 0 Å². The predicted molar refractivity (Wildman–Crippen MR) is 121 cm³/mol. The van der Waals surface area contributed by atoms with Crippen LogP contribution in [0.3, 0.4) is 0 Å². The lowest BCUT2D eigenvalue weighted by Crippen LogP contribution is -2.53. The van der Waals surface area contributed by atoms with Crippen LogP contribution in [0.5, 0.6) is 5.75 Å². The van der Waals surface area contributed by atoms with Crippen molar-refractivity contribution in [3.8, 4) is 5.75 Å². The maximum atomic E-state index is 5.83. The Morgan fingerprint density at radius 1 is 1.03 bits per heavy atom. The van der Waals surface area contributed by atoms with Crippen molar-refractivity contribution >= 4 is 5.96 Å². The molecule has 0 bridgehead atoms. The molecule has 0 spiro atoms. The quantitative estimate of drug-likeness (QED) is 0.535. The van der Waals surface area contributed by atoms with E-state index in [9.17, 15) is 0 Å². The molecule has 0 unspecified atom stereocenters. The molecule has 2 aliphatic heterocycles. The summed E-state index contributed by atoms with van der Waals surface area (Å²) < 4.78 is 5.83. The van der Waals surface area contributed by atoms with Gasteiger partial charge < -0.3 is 19.9 Å². The van der Waals surface area contributed by atoms with Gasteiger partial charge in [-0.15, -0.1) is 0 Å². The van der Waals surface area contributed by atoms with Crippen molar-refractivity contribution in [2.45, 2.75) is 26.2 Å². The van der Waals surface area contributed by atoms with Gasteiger partial charge in [0.1, 0.15) is 12.4 Å². The molecule has 1 aromatic rings. The smallest absolute Gasteiger partial charge is 0.193 e. The molecule has 0 atom stereocenters. The molecule has 0 radical (unpaired) electrons. The SMILES string of the molecule is CCN1CCC(CCNC(=NC)N2CCN(CCOc3ccccc3)CC2)CC1. The molecule has 6 nitrogen and oxygen atoms in total. The summed E-state index contributed by atoms with van der Waals surface area (Å²) in [6.07, 6.45) is 3.95. The number of nitrogens with zero attached hydrogens (tertiary/aromatic N) is 4. The minimum atomic E-state index is 0.744. The van der Waals surface area contributed by atoms with Gasteiger partial charge in [0.05, 0.1) is 0 Å². The molecule has 2 saturated heterocycles. The zero-order valence-corrected chi connectivity index (χ0v) is 18.4. The minimum Gasteiger partial charge on any atom is -0.492 e. The molecule has 3 rings (SSSR count). The molecule has 2 heterocycles. The predicted octanol–water partition coefficient (Wildman–Crippen LogP) is 2.38. The van der Waals surface area contributed by atoms with Gasteiger partial charge in [0.2, 0.25) is 0 Å². The summed E-state index contributed by atoms with van der Waals surface area (Å²) in [5.74, 6) is 2.89. The number of hydrogen-bond donors (Lipinski definition) is 1. The van der Waals surface area contributed by atoms with Gasteiger partial charge >= 0.3 is 0 Å². The van der Waals surface area contributed by atoms with Gasteiger partial charge in [0, 0.05) is 46.3 Å². The molecule has 2 fully saturated rings. The van der Waals surface area contributed by atoms with Crippen molar-refractivity contribution in [2.75, 3.05) is 72.6 Å². The number of guanidine groups is 1. The van der Waals surface area contributed by atoms with Crippen molar-refractivity contribution in [1.29, 1.82) is 0 Å². The van der Waals surface area contributed by atoms with Crippen LogP contribution in [0.2, 0.25) is 0 Å². The van der Waals surface area contributed by atoms with Crippen molar-refractivity contribution < 1.29 is 4.74 Å². The van der Waals surface area contributed by atoms with Crippen LogP contribution in [0.1, 0.15) is 26.2 Å². The number of likely N-dealkylation sites (tertiary alicyclic amines) is 1. The number of hydrogen-bond acceptors (Lipinski definition) is 4. The Balaban J connectivity index is 1.29. The summed E-state index contributed by atoms with van der Waals surface area (Å²) in [6.45, 7) is 12.9. The number of nitrogens with one attached hydrogen (secondary N) is 1. The summed E-state index contributed by atoms with van der Waals surface area (Å²) in [6, 6.07) is 10.1. The third-order valence-corrected chi connectivity index (χ3v) is 6.29. The summed E-state index contributed by atoms with van der Waals surface area (Å²) in [5.41, 5.74) is 0. The molecule has 162 valence electrons. The second-order valence-corrected chi connectivity index (χ2v) is 8.13. The van der Waals surface area contributed by atoms with Crippen LogP contribution >= 0.6 is 0 Å². The van der Waals surface area contributed by atoms with Crippen LogP contribution in [-0.4, -0.2) is 93.2 Å². The number of benzene rings is 1. The van der Waals surface area contributed by atoms with Gasteiger partial charge in [-0.2, -0.15) is 0 Å². The lowest BCUT2D eigenvalue weighted by Gasteiger charge is -2.36. The Morgan fingerprint density at radius 2 is 1.76 bits per heavy atom. The molecule has 0 aromatic heterocycles. The highest BCUT2D eigenvalue weighted by atomic mass is 16.5. The molecular formula is C23H39N5O.